The Bertz CT molecular complexity index is 958. The zero-order valence-corrected chi connectivity index (χ0v) is 20.2. The fourth-order valence-corrected chi connectivity index (χ4v) is 4.75. The van der Waals surface area contributed by atoms with Crippen LogP contribution in [-0.2, 0) is 22.4 Å². The highest BCUT2D eigenvalue weighted by atomic mass is 35.5. The maximum atomic E-state index is 14.3. The zero-order valence-electron chi connectivity index (χ0n) is 18.6. The van der Waals surface area contributed by atoms with Gasteiger partial charge in [0, 0.05) is 19.0 Å². The smallest absolute Gasteiger partial charge is 0.303 e. The van der Waals surface area contributed by atoms with Gasteiger partial charge in [-0.1, -0.05) is 41.4 Å². The molecule has 1 heterocycles. The van der Waals surface area contributed by atoms with E-state index in [9.17, 15) is 14.3 Å². The molecule has 1 aliphatic rings. The fourth-order valence-electron chi connectivity index (χ4n) is 4.43. The van der Waals surface area contributed by atoms with Gasteiger partial charge in [0.1, 0.15) is 5.82 Å². The van der Waals surface area contributed by atoms with Crippen molar-refractivity contribution >= 4 is 29.2 Å². The maximum Gasteiger partial charge on any atom is 0.303 e. The Morgan fingerprint density at radius 3 is 2.79 bits per heavy atom. The van der Waals surface area contributed by atoms with Crippen LogP contribution in [0.1, 0.15) is 49.0 Å². The summed E-state index contributed by atoms with van der Waals surface area (Å²) in [6.45, 7) is 3.27. The minimum atomic E-state index is -0.978. The van der Waals surface area contributed by atoms with Crippen molar-refractivity contribution in [3.8, 4) is 0 Å². The van der Waals surface area contributed by atoms with Crippen molar-refractivity contribution in [2.75, 3.05) is 19.7 Å². The quantitative estimate of drug-likeness (QED) is 0.441. The van der Waals surface area contributed by atoms with Crippen LogP contribution in [0.2, 0.25) is 10.0 Å². The van der Waals surface area contributed by atoms with E-state index in [2.05, 4.69) is 4.90 Å². The number of likely N-dealkylation sites (tertiary alicyclic amines) is 1. The molecule has 1 fully saturated rings. The van der Waals surface area contributed by atoms with Gasteiger partial charge in [0.05, 0.1) is 28.9 Å². The third-order valence-electron chi connectivity index (χ3n) is 6.12. The van der Waals surface area contributed by atoms with Gasteiger partial charge in [-0.3, -0.25) is 9.69 Å². The number of aliphatic hydroxyl groups is 1. The van der Waals surface area contributed by atoms with Crippen LogP contribution >= 0.6 is 23.2 Å². The Morgan fingerprint density at radius 1 is 1.27 bits per heavy atom. The lowest BCUT2D eigenvalue weighted by atomic mass is 9.98. The number of carboxylic acids is 1. The average molecular weight is 498 g/mol. The Hall–Kier alpha value is -1.70. The predicted octanol–water partition coefficient (Wildman–Crippen LogP) is 5.30. The van der Waals surface area contributed by atoms with Crippen LogP contribution in [0.3, 0.4) is 0 Å². The number of hydrogen-bond acceptors (Lipinski definition) is 4. The third kappa shape index (κ3) is 7.39. The Balaban J connectivity index is 1.54. The first-order chi connectivity index (χ1) is 15.7. The molecule has 0 unspecified atom stereocenters. The van der Waals surface area contributed by atoms with Gasteiger partial charge >= 0.3 is 5.97 Å². The topological polar surface area (TPSA) is 70.0 Å². The molecule has 0 amide bonds. The summed E-state index contributed by atoms with van der Waals surface area (Å²) in [7, 11) is 0. The van der Waals surface area contributed by atoms with Gasteiger partial charge in [0.15, 0.2) is 0 Å². The van der Waals surface area contributed by atoms with Gasteiger partial charge < -0.3 is 14.9 Å². The van der Waals surface area contributed by atoms with Crippen LogP contribution < -0.4 is 0 Å². The number of carbonyl (C=O) groups is 1. The molecule has 0 radical (unpaired) electrons. The van der Waals surface area contributed by atoms with Gasteiger partial charge in [-0.25, -0.2) is 4.39 Å². The lowest BCUT2D eigenvalue weighted by Gasteiger charge is -2.28. The van der Waals surface area contributed by atoms with Gasteiger partial charge in [-0.05, 0) is 74.0 Å². The van der Waals surface area contributed by atoms with Crippen LogP contribution in [0.5, 0.6) is 0 Å². The monoisotopic (exact) mass is 497 g/mol. The molecule has 5 nitrogen and oxygen atoms in total. The van der Waals surface area contributed by atoms with Crippen molar-refractivity contribution in [2.24, 2.45) is 0 Å². The SMILES string of the molecule is C[C@@H](OC[C@H](O)CN1CCC[C@H]1Cc1ccc(Cl)c(Cl)c1)c1cccc(F)c1CCC(=O)O. The Kier molecular flexibility index (Phi) is 9.53. The largest absolute Gasteiger partial charge is 0.481 e. The number of aliphatic hydroxyl groups excluding tert-OH is 1. The first-order valence-corrected chi connectivity index (χ1v) is 12.0. The summed E-state index contributed by atoms with van der Waals surface area (Å²) in [5.41, 5.74) is 2.07. The van der Waals surface area contributed by atoms with E-state index >= 15 is 0 Å². The molecule has 180 valence electrons. The standard InChI is InChI=1S/C25H30Cl2FNO4/c1-16(20-5-2-6-24(28)21(20)8-10-25(31)32)33-15-19(30)14-29-11-3-4-18(29)12-17-7-9-22(26)23(27)13-17/h2,5-7,9,13,16,18-19,30H,3-4,8,10-12,14-15H2,1H3,(H,31,32)/t16-,18+,19-/m1/s1. The molecule has 1 saturated heterocycles. The summed E-state index contributed by atoms with van der Waals surface area (Å²) in [6, 6.07) is 10.6. The molecule has 0 aromatic heterocycles. The van der Waals surface area contributed by atoms with E-state index in [1.165, 1.54) is 6.07 Å². The van der Waals surface area contributed by atoms with Crippen molar-refractivity contribution in [1.82, 2.24) is 4.90 Å². The second kappa shape index (κ2) is 12.1. The molecular weight excluding hydrogens is 468 g/mol. The summed E-state index contributed by atoms with van der Waals surface area (Å²) >= 11 is 12.2. The minimum Gasteiger partial charge on any atom is -0.481 e. The summed E-state index contributed by atoms with van der Waals surface area (Å²) < 4.78 is 20.1. The first-order valence-electron chi connectivity index (χ1n) is 11.2. The van der Waals surface area contributed by atoms with E-state index < -0.39 is 24.0 Å². The lowest BCUT2D eigenvalue weighted by molar-refractivity contribution is -0.136. The Morgan fingerprint density at radius 2 is 2.06 bits per heavy atom. The highest BCUT2D eigenvalue weighted by Crippen LogP contribution is 2.28. The van der Waals surface area contributed by atoms with Crippen LogP contribution in [0, 0.1) is 5.82 Å². The lowest BCUT2D eigenvalue weighted by Crippen LogP contribution is -2.39. The highest BCUT2D eigenvalue weighted by Gasteiger charge is 2.27. The summed E-state index contributed by atoms with van der Waals surface area (Å²) in [5.74, 6) is -1.42. The van der Waals surface area contributed by atoms with Crippen LogP contribution in [0.4, 0.5) is 4.39 Å². The average Bonchev–Trinajstić information content (AvgIpc) is 3.19. The summed E-state index contributed by atoms with van der Waals surface area (Å²) in [6.07, 6.45) is 1.71. The molecule has 0 spiro atoms. The number of ether oxygens (including phenoxy) is 1. The number of carboxylic acid groups (broad SMARTS) is 1. The zero-order chi connectivity index (χ0) is 24.0. The van der Waals surface area contributed by atoms with Gasteiger partial charge in [-0.15, -0.1) is 0 Å². The van der Waals surface area contributed by atoms with Gasteiger partial charge in [0.25, 0.3) is 0 Å². The van der Waals surface area contributed by atoms with Crippen molar-refractivity contribution in [2.45, 2.75) is 57.3 Å². The number of halogens is 3. The molecule has 2 N–H and O–H groups in total. The molecule has 0 bridgehead atoms. The number of benzene rings is 2. The second-order valence-electron chi connectivity index (χ2n) is 8.57. The molecule has 0 aliphatic carbocycles. The van der Waals surface area contributed by atoms with Crippen molar-refractivity contribution < 1.29 is 24.1 Å². The molecule has 2 aromatic rings. The molecule has 33 heavy (non-hydrogen) atoms. The number of aliphatic carboxylic acids is 1. The minimum absolute atomic E-state index is 0.0950. The Labute approximate surface area is 204 Å². The van der Waals surface area contributed by atoms with E-state index in [0.29, 0.717) is 33.8 Å². The first kappa shape index (κ1) is 25.9. The molecule has 3 atom stereocenters. The van der Waals surface area contributed by atoms with E-state index in [1.807, 2.05) is 12.1 Å². The highest BCUT2D eigenvalue weighted by molar-refractivity contribution is 6.42. The van der Waals surface area contributed by atoms with Gasteiger partial charge in [-0.2, -0.15) is 0 Å². The van der Waals surface area contributed by atoms with Crippen LogP contribution in [0.25, 0.3) is 0 Å². The summed E-state index contributed by atoms with van der Waals surface area (Å²) in [5, 5.41) is 20.6. The van der Waals surface area contributed by atoms with Crippen LogP contribution in [0.15, 0.2) is 36.4 Å². The van der Waals surface area contributed by atoms with Crippen molar-refractivity contribution in [3.05, 3.63) is 69.0 Å². The third-order valence-corrected chi connectivity index (χ3v) is 6.86. The van der Waals surface area contributed by atoms with Crippen molar-refractivity contribution in [1.29, 1.82) is 0 Å². The molecule has 0 saturated carbocycles. The molecule has 1 aliphatic heterocycles. The van der Waals surface area contributed by atoms with E-state index in [1.54, 1.807) is 25.1 Å². The summed E-state index contributed by atoms with van der Waals surface area (Å²) in [4.78, 5) is 13.2. The number of nitrogens with zero attached hydrogens (tertiary/aromatic N) is 1. The fraction of sp³-hybridized carbons (Fsp3) is 0.480. The second-order valence-corrected chi connectivity index (χ2v) is 9.39. The number of β-amino-alcohol motifs (C(OH)–C–C–N with tert-alkyl or cyclic N) is 1. The van der Waals surface area contributed by atoms with E-state index in [0.717, 1.165) is 31.4 Å². The van der Waals surface area contributed by atoms with Crippen LogP contribution in [-0.4, -0.2) is 52.9 Å². The molecule has 2 aromatic carbocycles. The number of rotatable bonds is 11. The van der Waals surface area contributed by atoms with Gasteiger partial charge in [0.2, 0.25) is 0 Å². The van der Waals surface area contributed by atoms with E-state index in [4.69, 9.17) is 33.0 Å². The number of hydrogen-bond donors (Lipinski definition) is 2. The molecule has 8 heteroatoms. The maximum absolute atomic E-state index is 14.3. The predicted molar refractivity (Wildman–Crippen MR) is 127 cm³/mol. The van der Waals surface area contributed by atoms with E-state index in [-0.39, 0.29) is 19.4 Å². The van der Waals surface area contributed by atoms with Crippen molar-refractivity contribution in [3.63, 3.8) is 0 Å². The molecule has 3 rings (SSSR count). The normalized spacial score (nSPS) is 18.4. The molecular formula is C25H30Cl2FNO4.